The average molecular weight is 290 g/mol. The van der Waals surface area contributed by atoms with Crippen LogP contribution >= 0.6 is 0 Å². The molecule has 1 aliphatic carbocycles. The lowest BCUT2D eigenvalue weighted by Gasteiger charge is -2.29. The highest BCUT2D eigenvalue weighted by molar-refractivity contribution is 5.04. The molecular weight excluding hydrogens is 269 g/mol. The van der Waals surface area contributed by atoms with E-state index in [1.807, 2.05) is 11.5 Å². The van der Waals surface area contributed by atoms with E-state index >= 15 is 0 Å². The Morgan fingerprint density at radius 1 is 1.20 bits per heavy atom. The number of alkyl halides is 3. The van der Waals surface area contributed by atoms with E-state index < -0.39 is 12.1 Å². The molecule has 1 aromatic rings. The summed E-state index contributed by atoms with van der Waals surface area (Å²) in [6.45, 7) is 3.13. The van der Waals surface area contributed by atoms with Crippen LogP contribution in [0.25, 0.3) is 0 Å². The maximum Gasteiger partial charge on any atom is 0.391 e. The number of hydrogen-bond acceptors (Lipinski definition) is 3. The Morgan fingerprint density at radius 3 is 2.35 bits per heavy atom. The van der Waals surface area contributed by atoms with Crippen molar-refractivity contribution in [3.63, 3.8) is 0 Å². The van der Waals surface area contributed by atoms with Crippen LogP contribution in [-0.2, 0) is 13.1 Å². The van der Waals surface area contributed by atoms with Crippen LogP contribution in [-0.4, -0.2) is 20.9 Å². The Labute approximate surface area is 116 Å². The van der Waals surface area contributed by atoms with E-state index in [1.54, 1.807) is 0 Å². The molecule has 1 saturated carbocycles. The van der Waals surface area contributed by atoms with Crippen LogP contribution in [0.2, 0.25) is 0 Å². The fourth-order valence-electron chi connectivity index (χ4n) is 2.95. The molecule has 0 spiro atoms. The number of halogens is 3. The molecule has 0 bridgehead atoms. The molecule has 7 heteroatoms. The summed E-state index contributed by atoms with van der Waals surface area (Å²) >= 11 is 0. The summed E-state index contributed by atoms with van der Waals surface area (Å²) in [5.41, 5.74) is 5.63. The van der Waals surface area contributed by atoms with Gasteiger partial charge in [-0.15, -0.1) is 10.2 Å². The SMILES string of the molecule is CCCn1c(CN)nnc1C1CCC(C(F)(F)F)CC1. The first-order valence-corrected chi connectivity index (χ1v) is 7.16. The second-order valence-electron chi connectivity index (χ2n) is 5.42. The molecule has 4 nitrogen and oxygen atoms in total. The first-order chi connectivity index (χ1) is 9.47. The molecule has 1 aliphatic rings. The molecule has 0 radical (unpaired) electrons. The van der Waals surface area contributed by atoms with Gasteiger partial charge in [-0.1, -0.05) is 6.92 Å². The van der Waals surface area contributed by atoms with Gasteiger partial charge in [-0.3, -0.25) is 0 Å². The largest absolute Gasteiger partial charge is 0.391 e. The third kappa shape index (κ3) is 3.13. The van der Waals surface area contributed by atoms with Crippen molar-refractivity contribution in [1.82, 2.24) is 14.8 Å². The highest BCUT2D eigenvalue weighted by atomic mass is 19.4. The number of hydrogen-bond donors (Lipinski definition) is 1. The van der Waals surface area contributed by atoms with Gasteiger partial charge in [0.2, 0.25) is 0 Å². The van der Waals surface area contributed by atoms with Gasteiger partial charge < -0.3 is 10.3 Å². The van der Waals surface area contributed by atoms with Crippen LogP contribution in [0.4, 0.5) is 13.2 Å². The van der Waals surface area contributed by atoms with Crippen LogP contribution in [0.5, 0.6) is 0 Å². The van der Waals surface area contributed by atoms with Gasteiger partial charge >= 0.3 is 6.18 Å². The standard InChI is InChI=1S/C13H21F3N4/c1-2-7-20-11(8-17)18-19-12(20)9-3-5-10(6-4-9)13(14,15)16/h9-10H,2-8,17H2,1H3. The molecule has 114 valence electrons. The summed E-state index contributed by atoms with van der Waals surface area (Å²) in [5.74, 6) is 0.455. The molecule has 0 aromatic carbocycles. The lowest BCUT2D eigenvalue weighted by molar-refractivity contribution is -0.182. The zero-order valence-corrected chi connectivity index (χ0v) is 11.7. The van der Waals surface area contributed by atoms with Gasteiger partial charge in [0, 0.05) is 12.5 Å². The molecule has 0 atom stereocenters. The lowest BCUT2D eigenvalue weighted by atomic mass is 9.81. The second-order valence-corrected chi connectivity index (χ2v) is 5.42. The van der Waals surface area contributed by atoms with Crippen LogP contribution in [0.15, 0.2) is 0 Å². The monoisotopic (exact) mass is 290 g/mol. The van der Waals surface area contributed by atoms with E-state index in [0.29, 0.717) is 19.4 Å². The molecule has 1 fully saturated rings. The molecule has 2 rings (SSSR count). The van der Waals surface area contributed by atoms with Gasteiger partial charge in [0.1, 0.15) is 11.6 Å². The van der Waals surface area contributed by atoms with Gasteiger partial charge in [0.15, 0.2) is 0 Å². The topological polar surface area (TPSA) is 56.7 Å². The Morgan fingerprint density at radius 2 is 1.85 bits per heavy atom. The van der Waals surface area contributed by atoms with E-state index in [1.165, 1.54) is 0 Å². The number of nitrogens with two attached hydrogens (primary N) is 1. The predicted molar refractivity (Wildman–Crippen MR) is 69.0 cm³/mol. The zero-order chi connectivity index (χ0) is 14.8. The molecule has 0 amide bonds. The Bertz CT molecular complexity index is 433. The first kappa shape index (κ1) is 15.3. The molecule has 1 heterocycles. The summed E-state index contributed by atoms with van der Waals surface area (Å²) in [6, 6.07) is 0. The zero-order valence-electron chi connectivity index (χ0n) is 11.7. The normalized spacial score (nSPS) is 24.1. The number of rotatable bonds is 4. The van der Waals surface area contributed by atoms with Crippen molar-refractivity contribution in [2.75, 3.05) is 0 Å². The number of aromatic nitrogens is 3. The molecule has 2 N–H and O–H groups in total. The van der Waals surface area contributed by atoms with E-state index in [9.17, 15) is 13.2 Å². The van der Waals surface area contributed by atoms with Crippen LogP contribution in [0, 0.1) is 5.92 Å². The molecule has 20 heavy (non-hydrogen) atoms. The highest BCUT2D eigenvalue weighted by Crippen LogP contribution is 2.42. The fraction of sp³-hybridized carbons (Fsp3) is 0.846. The average Bonchev–Trinajstić information content (AvgIpc) is 2.81. The van der Waals surface area contributed by atoms with Gasteiger partial charge in [-0.25, -0.2) is 0 Å². The minimum atomic E-state index is -4.06. The van der Waals surface area contributed by atoms with Crippen LogP contribution in [0.1, 0.15) is 56.6 Å². The third-order valence-electron chi connectivity index (χ3n) is 4.04. The maximum atomic E-state index is 12.7. The van der Waals surface area contributed by atoms with E-state index in [4.69, 9.17) is 5.73 Å². The summed E-state index contributed by atoms with van der Waals surface area (Å²) in [5, 5.41) is 8.23. The summed E-state index contributed by atoms with van der Waals surface area (Å²) < 4.78 is 40.0. The minimum Gasteiger partial charge on any atom is -0.324 e. The predicted octanol–water partition coefficient (Wildman–Crippen LogP) is 2.98. The van der Waals surface area contributed by atoms with Crippen molar-refractivity contribution in [3.05, 3.63) is 11.6 Å². The first-order valence-electron chi connectivity index (χ1n) is 7.16. The summed E-state index contributed by atoms with van der Waals surface area (Å²) in [7, 11) is 0. The van der Waals surface area contributed by atoms with Crippen molar-refractivity contribution < 1.29 is 13.2 Å². The summed E-state index contributed by atoms with van der Waals surface area (Å²) in [4.78, 5) is 0. The van der Waals surface area contributed by atoms with Gasteiger partial charge in [-0.2, -0.15) is 13.2 Å². The van der Waals surface area contributed by atoms with Crippen LogP contribution < -0.4 is 5.73 Å². The molecule has 0 aliphatic heterocycles. The fourth-order valence-corrected chi connectivity index (χ4v) is 2.95. The van der Waals surface area contributed by atoms with Crippen molar-refractivity contribution in [1.29, 1.82) is 0 Å². The van der Waals surface area contributed by atoms with Crippen molar-refractivity contribution in [2.24, 2.45) is 11.7 Å². The Balaban J connectivity index is 2.09. The smallest absolute Gasteiger partial charge is 0.324 e. The Kier molecular flexibility index (Phi) is 4.67. The van der Waals surface area contributed by atoms with Gasteiger partial charge in [0.05, 0.1) is 12.5 Å². The van der Waals surface area contributed by atoms with Gasteiger partial charge in [0.25, 0.3) is 0 Å². The third-order valence-corrected chi connectivity index (χ3v) is 4.04. The highest BCUT2D eigenvalue weighted by Gasteiger charge is 2.42. The quantitative estimate of drug-likeness (QED) is 0.927. The van der Waals surface area contributed by atoms with E-state index in [0.717, 1.165) is 24.6 Å². The lowest BCUT2D eigenvalue weighted by Crippen LogP contribution is -2.28. The maximum absolute atomic E-state index is 12.7. The summed E-state index contributed by atoms with van der Waals surface area (Å²) in [6.07, 6.45) is -1.72. The Hall–Kier alpha value is -1.11. The van der Waals surface area contributed by atoms with Gasteiger partial charge in [-0.05, 0) is 32.1 Å². The number of nitrogens with zero attached hydrogens (tertiary/aromatic N) is 3. The van der Waals surface area contributed by atoms with Crippen LogP contribution in [0.3, 0.4) is 0 Å². The molecule has 0 saturated heterocycles. The van der Waals surface area contributed by atoms with E-state index in [-0.39, 0.29) is 18.8 Å². The molecular formula is C13H21F3N4. The second kappa shape index (κ2) is 6.11. The minimum absolute atomic E-state index is 0.0768. The molecule has 1 aromatic heterocycles. The molecule has 0 unspecified atom stereocenters. The van der Waals surface area contributed by atoms with Crippen molar-refractivity contribution in [3.8, 4) is 0 Å². The van der Waals surface area contributed by atoms with E-state index in [2.05, 4.69) is 10.2 Å². The van der Waals surface area contributed by atoms with Crippen molar-refractivity contribution in [2.45, 2.75) is 64.2 Å². The van der Waals surface area contributed by atoms with Crippen molar-refractivity contribution >= 4 is 0 Å².